The van der Waals surface area contributed by atoms with E-state index in [-0.39, 0.29) is 0 Å². The Bertz CT molecular complexity index is 795. The minimum atomic E-state index is -4.74. The highest BCUT2D eigenvalue weighted by atomic mass is 19.4. The fourth-order valence-electron chi connectivity index (χ4n) is 2.39. The van der Waals surface area contributed by atoms with E-state index in [9.17, 15) is 22.8 Å². The first-order chi connectivity index (χ1) is 11.7. The molecule has 0 spiro atoms. The van der Waals surface area contributed by atoms with Crippen LogP contribution in [0.3, 0.4) is 0 Å². The molecule has 0 aliphatic rings. The predicted molar refractivity (Wildman–Crippen MR) is 88.0 cm³/mol. The molecule has 0 fully saturated rings. The van der Waals surface area contributed by atoms with Crippen molar-refractivity contribution >= 4 is 5.91 Å². The van der Waals surface area contributed by atoms with Crippen molar-refractivity contribution in [1.82, 2.24) is 9.47 Å². The van der Waals surface area contributed by atoms with E-state index in [2.05, 4.69) is 0 Å². The molecule has 1 aromatic heterocycles. The number of alkyl halides is 3. The van der Waals surface area contributed by atoms with Crippen molar-refractivity contribution in [2.75, 3.05) is 7.05 Å². The molecule has 1 amide bonds. The Morgan fingerprint density at radius 1 is 1.12 bits per heavy atom. The second-order valence-electron chi connectivity index (χ2n) is 5.77. The van der Waals surface area contributed by atoms with Crippen LogP contribution in [-0.2, 0) is 30.5 Å². The Hall–Kier alpha value is -2.57. The summed E-state index contributed by atoms with van der Waals surface area (Å²) in [6.07, 6.45) is -2.65. The van der Waals surface area contributed by atoms with Crippen LogP contribution in [0.5, 0.6) is 0 Å². The quantitative estimate of drug-likeness (QED) is 0.830. The summed E-state index contributed by atoms with van der Waals surface area (Å²) >= 11 is 0. The number of carbonyl (C=O) groups is 1. The van der Waals surface area contributed by atoms with Crippen molar-refractivity contribution in [3.63, 3.8) is 0 Å². The van der Waals surface area contributed by atoms with Gasteiger partial charge in [-0.1, -0.05) is 31.2 Å². The second-order valence-corrected chi connectivity index (χ2v) is 5.77. The summed E-state index contributed by atoms with van der Waals surface area (Å²) in [5, 5.41) is 0. The van der Waals surface area contributed by atoms with Crippen LogP contribution in [0.1, 0.15) is 23.6 Å². The third-order valence-corrected chi connectivity index (χ3v) is 3.91. The summed E-state index contributed by atoms with van der Waals surface area (Å²) in [7, 11) is 1.55. The van der Waals surface area contributed by atoms with Gasteiger partial charge in [0.2, 0.25) is 5.91 Å². The molecule has 2 rings (SSSR count). The van der Waals surface area contributed by atoms with Gasteiger partial charge in [-0.2, -0.15) is 13.2 Å². The monoisotopic (exact) mass is 352 g/mol. The minimum Gasteiger partial charge on any atom is -0.340 e. The molecule has 0 saturated carbocycles. The van der Waals surface area contributed by atoms with Crippen LogP contribution in [0.15, 0.2) is 47.4 Å². The van der Waals surface area contributed by atoms with Gasteiger partial charge in [-0.25, -0.2) is 0 Å². The predicted octanol–water partition coefficient (Wildman–Crippen LogP) is 3.09. The van der Waals surface area contributed by atoms with Crippen LogP contribution in [0.4, 0.5) is 13.2 Å². The molecule has 0 unspecified atom stereocenters. The number of aryl methyl sites for hydroxylation is 1. The molecule has 25 heavy (non-hydrogen) atoms. The number of aromatic nitrogens is 1. The third-order valence-electron chi connectivity index (χ3n) is 3.91. The number of hydrogen-bond donors (Lipinski definition) is 0. The topological polar surface area (TPSA) is 42.3 Å². The van der Waals surface area contributed by atoms with E-state index in [1.54, 1.807) is 7.05 Å². The third kappa shape index (κ3) is 4.71. The zero-order valence-corrected chi connectivity index (χ0v) is 14.0. The fourth-order valence-corrected chi connectivity index (χ4v) is 2.39. The lowest BCUT2D eigenvalue weighted by Gasteiger charge is -2.18. The molecule has 0 radical (unpaired) electrons. The average Bonchev–Trinajstić information content (AvgIpc) is 2.56. The molecule has 0 saturated heterocycles. The van der Waals surface area contributed by atoms with Gasteiger partial charge in [0, 0.05) is 19.8 Å². The highest BCUT2D eigenvalue weighted by Gasteiger charge is 2.34. The van der Waals surface area contributed by atoms with E-state index in [0.717, 1.165) is 22.6 Å². The summed E-state index contributed by atoms with van der Waals surface area (Å²) in [5.41, 5.74) is -0.414. The number of nitrogens with zero attached hydrogens (tertiary/aromatic N) is 2. The van der Waals surface area contributed by atoms with Gasteiger partial charge < -0.3 is 9.47 Å². The van der Waals surface area contributed by atoms with Crippen LogP contribution >= 0.6 is 0 Å². The highest BCUT2D eigenvalue weighted by Crippen LogP contribution is 2.25. The van der Waals surface area contributed by atoms with Gasteiger partial charge in [-0.05, 0) is 29.7 Å². The molecule has 0 aliphatic carbocycles. The summed E-state index contributed by atoms with van der Waals surface area (Å²) in [6.45, 7) is 1.92. The standard InChI is InChI=1S/C18H19F3N2O2/c1-3-13-6-8-14(9-7-13)11-22(2)16(24)12-23-10-4-5-15(17(23)25)18(19,20)21/h4-10H,3,11-12H2,1-2H3. The van der Waals surface area contributed by atoms with Crippen molar-refractivity contribution in [2.24, 2.45) is 0 Å². The molecule has 0 atom stereocenters. The molecule has 0 bridgehead atoms. The first-order valence-corrected chi connectivity index (χ1v) is 7.80. The van der Waals surface area contributed by atoms with E-state index in [1.165, 1.54) is 16.7 Å². The fraction of sp³-hybridized carbons (Fsp3) is 0.333. The molecule has 1 aromatic carbocycles. The van der Waals surface area contributed by atoms with Gasteiger partial charge in [-0.3, -0.25) is 9.59 Å². The Balaban J connectivity index is 2.09. The van der Waals surface area contributed by atoms with Crippen LogP contribution < -0.4 is 5.56 Å². The van der Waals surface area contributed by atoms with Crippen molar-refractivity contribution < 1.29 is 18.0 Å². The van der Waals surface area contributed by atoms with E-state index in [4.69, 9.17) is 0 Å². The van der Waals surface area contributed by atoms with Gasteiger partial charge >= 0.3 is 6.18 Å². The van der Waals surface area contributed by atoms with E-state index in [1.807, 2.05) is 31.2 Å². The molecule has 4 nitrogen and oxygen atoms in total. The number of rotatable bonds is 5. The Kier molecular flexibility index (Phi) is 5.66. The van der Waals surface area contributed by atoms with Crippen LogP contribution in [0, 0.1) is 0 Å². The van der Waals surface area contributed by atoms with Gasteiger partial charge in [0.1, 0.15) is 12.1 Å². The molecule has 0 N–H and O–H groups in total. The van der Waals surface area contributed by atoms with Gasteiger partial charge in [-0.15, -0.1) is 0 Å². The summed E-state index contributed by atoms with van der Waals surface area (Å²) in [5.74, 6) is -0.444. The van der Waals surface area contributed by atoms with Crippen molar-refractivity contribution in [3.05, 3.63) is 69.6 Å². The molecular formula is C18H19F3N2O2. The van der Waals surface area contributed by atoms with Gasteiger partial charge in [0.15, 0.2) is 0 Å². The average molecular weight is 352 g/mol. The van der Waals surface area contributed by atoms with Crippen molar-refractivity contribution in [2.45, 2.75) is 32.6 Å². The van der Waals surface area contributed by atoms with Crippen LogP contribution in [-0.4, -0.2) is 22.4 Å². The number of pyridine rings is 1. The molecule has 1 heterocycles. The zero-order chi connectivity index (χ0) is 18.6. The van der Waals surface area contributed by atoms with Crippen LogP contribution in [0.25, 0.3) is 0 Å². The summed E-state index contributed by atoms with van der Waals surface area (Å²) in [6, 6.07) is 9.55. The molecular weight excluding hydrogens is 333 g/mol. The Morgan fingerprint density at radius 2 is 1.72 bits per heavy atom. The number of hydrogen-bond acceptors (Lipinski definition) is 2. The first kappa shape index (κ1) is 18.8. The molecule has 134 valence electrons. The number of benzene rings is 1. The maximum atomic E-state index is 12.8. The van der Waals surface area contributed by atoms with Crippen LogP contribution in [0.2, 0.25) is 0 Å². The largest absolute Gasteiger partial charge is 0.421 e. The lowest BCUT2D eigenvalue weighted by molar-refractivity contribution is -0.139. The lowest BCUT2D eigenvalue weighted by atomic mass is 10.1. The Labute approximate surface area is 143 Å². The molecule has 2 aromatic rings. The van der Waals surface area contributed by atoms with Gasteiger partial charge in [0.05, 0.1) is 0 Å². The number of amides is 1. The van der Waals surface area contributed by atoms with Gasteiger partial charge in [0.25, 0.3) is 5.56 Å². The maximum Gasteiger partial charge on any atom is 0.421 e. The van der Waals surface area contributed by atoms with E-state index < -0.39 is 29.8 Å². The first-order valence-electron chi connectivity index (χ1n) is 7.80. The normalized spacial score (nSPS) is 11.4. The molecule has 0 aliphatic heterocycles. The van der Waals surface area contributed by atoms with Crippen molar-refractivity contribution in [1.29, 1.82) is 0 Å². The van der Waals surface area contributed by atoms with E-state index in [0.29, 0.717) is 12.6 Å². The summed E-state index contributed by atoms with van der Waals surface area (Å²) in [4.78, 5) is 25.5. The lowest BCUT2D eigenvalue weighted by Crippen LogP contribution is -2.35. The number of carbonyl (C=O) groups excluding carboxylic acids is 1. The minimum absolute atomic E-state index is 0.316. The van der Waals surface area contributed by atoms with E-state index >= 15 is 0 Å². The highest BCUT2D eigenvalue weighted by molar-refractivity contribution is 5.75. The molecule has 7 heteroatoms. The SMILES string of the molecule is CCc1ccc(CN(C)C(=O)Cn2cccc(C(F)(F)F)c2=O)cc1. The number of halogens is 3. The Morgan fingerprint density at radius 3 is 2.28 bits per heavy atom. The van der Waals surface area contributed by atoms with Crippen molar-refractivity contribution in [3.8, 4) is 0 Å². The zero-order valence-electron chi connectivity index (χ0n) is 14.0. The number of likely N-dealkylation sites (N-methyl/N-ethyl adjacent to an activating group) is 1. The maximum absolute atomic E-state index is 12.8. The smallest absolute Gasteiger partial charge is 0.340 e. The summed E-state index contributed by atoms with van der Waals surface area (Å²) < 4.78 is 39.1. The second kappa shape index (κ2) is 7.55.